The molecule has 1 fully saturated rings. The number of carbonyl (C=O) groups excluding carboxylic acids is 2. The number of alkyl halides is 2. The van der Waals surface area contributed by atoms with Crippen molar-refractivity contribution < 1.29 is 28.3 Å². The molecule has 43 heavy (non-hydrogen) atoms. The second-order valence-corrected chi connectivity index (χ2v) is 11.1. The molecule has 226 valence electrons. The van der Waals surface area contributed by atoms with Crippen molar-refractivity contribution in [3.63, 3.8) is 0 Å². The summed E-state index contributed by atoms with van der Waals surface area (Å²) < 4.78 is 26.7. The van der Waals surface area contributed by atoms with Crippen LogP contribution in [0.2, 0.25) is 5.02 Å². The van der Waals surface area contributed by atoms with Gasteiger partial charge >= 0.3 is 17.9 Å². The van der Waals surface area contributed by atoms with Crippen molar-refractivity contribution in [2.24, 2.45) is 0 Å². The number of benzene rings is 3. The fourth-order valence-corrected chi connectivity index (χ4v) is 5.24. The Morgan fingerprint density at radius 1 is 0.977 bits per heavy atom. The lowest BCUT2D eigenvalue weighted by Gasteiger charge is -2.27. The van der Waals surface area contributed by atoms with Crippen molar-refractivity contribution in [2.45, 2.75) is 56.5 Å². The summed E-state index contributed by atoms with van der Waals surface area (Å²) in [5.41, 5.74) is 3.49. The Morgan fingerprint density at radius 2 is 1.60 bits per heavy atom. The molecule has 1 saturated carbocycles. The Labute approximate surface area is 254 Å². The Morgan fingerprint density at radius 3 is 2.19 bits per heavy atom. The second-order valence-electron chi connectivity index (χ2n) is 10.6. The van der Waals surface area contributed by atoms with Crippen molar-refractivity contribution in [1.82, 2.24) is 10.6 Å². The largest absolute Gasteiger partial charge is 0.477 e. The third-order valence-electron chi connectivity index (χ3n) is 7.61. The van der Waals surface area contributed by atoms with Gasteiger partial charge in [0.2, 0.25) is 0 Å². The van der Waals surface area contributed by atoms with Crippen LogP contribution in [0.15, 0.2) is 85.5 Å². The van der Waals surface area contributed by atoms with Crippen LogP contribution in [-0.2, 0) is 11.3 Å². The molecule has 4 rings (SSSR count). The predicted molar refractivity (Wildman–Crippen MR) is 163 cm³/mol. The lowest BCUT2D eigenvalue weighted by Crippen LogP contribution is -2.42. The number of nitrogens with zero attached hydrogens (tertiary/aromatic N) is 1. The molecule has 0 aliphatic heterocycles. The summed E-state index contributed by atoms with van der Waals surface area (Å²) in [6.45, 7) is 2.70. The molecule has 0 heterocycles. The number of aliphatic carboxylic acids is 1. The van der Waals surface area contributed by atoms with Gasteiger partial charge in [-0.2, -0.15) is 8.78 Å². The van der Waals surface area contributed by atoms with Crippen LogP contribution in [0.25, 0.3) is 0 Å². The summed E-state index contributed by atoms with van der Waals surface area (Å²) in [4.78, 5) is 38.2. The number of carboxylic acid groups (broad SMARTS) is 1. The maximum Gasteiger partial charge on any atom is 0.376 e. The molecule has 3 aromatic carbocycles. The third kappa shape index (κ3) is 8.41. The van der Waals surface area contributed by atoms with Gasteiger partial charge in [0.05, 0.1) is 19.1 Å². The average molecular weight is 610 g/mol. The first-order chi connectivity index (χ1) is 20.6. The van der Waals surface area contributed by atoms with E-state index in [1.165, 1.54) is 37.0 Å². The van der Waals surface area contributed by atoms with Gasteiger partial charge in [0.1, 0.15) is 0 Å². The number of amides is 3. The molecule has 7 nitrogen and oxygen atoms in total. The van der Waals surface area contributed by atoms with Crippen LogP contribution in [0.3, 0.4) is 0 Å². The van der Waals surface area contributed by atoms with E-state index in [0.717, 1.165) is 18.4 Å². The van der Waals surface area contributed by atoms with E-state index in [2.05, 4.69) is 24.0 Å². The van der Waals surface area contributed by atoms with Crippen molar-refractivity contribution in [1.29, 1.82) is 0 Å². The quantitative estimate of drug-likeness (QED) is 0.196. The van der Waals surface area contributed by atoms with Gasteiger partial charge in [0.15, 0.2) is 0 Å². The van der Waals surface area contributed by atoms with Crippen LogP contribution >= 0.6 is 11.6 Å². The SMILES string of the molecule is C=C[C@H](NC(=O)N(Cc1ccc(C(=O)NCC(F)(F)C(=O)O)cc1)c1ccc(C2CCCCC2)cc1)c1ccc(Cl)cc1. The molecule has 0 saturated heterocycles. The van der Waals surface area contributed by atoms with E-state index in [0.29, 0.717) is 22.2 Å². The van der Waals surface area contributed by atoms with Gasteiger partial charge in [-0.25, -0.2) is 9.59 Å². The summed E-state index contributed by atoms with van der Waals surface area (Å²) in [6.07, 6.45) is 7.62. The number of anilines is 1. The second kappa shape index (κ2) is 14.3. The minimum absolute atomic E-state index is 0.0761. The Hall–Kier alpha value is -4.24. The molecule has 10 heteroatoms. The van der Waals surface area contributed by atoms with Gasteiger partial charge in [0, 0.05) is 16.3 Å². The van der Waals surface area contributed by atoms with E-state index in [1.54, 1.807) is 35.2 Å². The lowest BCUT2D eigenvalue weighted by molar-refractivity contribution is -0.163. The lowest BCUT2D eigenvalue weighted by atomic mass is 9.84. The highest BCUT2D eigenvalue weighted by molar-refractivity contribution is 6.30. The van der Waals surface area contributed by atoms with Crippen LogP contribution < -0.4 is 15.5 Å². The number of rotatable bonds is 11. The van der Waals surface area contributed by atoms with Crippen molar-refractivity contribution in [3.8, 4) is 0 Å². The Kier molecular flexibility index (Phi) is 10.5. The van der Waals surface area contributed by atoms with E-state index in [9.17, 15) is 23.2 Å². The molecule has 0 radical (unpaired) electrons. The molecular weight excluding hydrogens is 576 g/mol. The summed E-state index contributed by atoms with van der Waals surface area (Å²) >= 11 is 6.03. The summed E-state index contributed by atoms with van der Waals surface area (Å²) in [5.74, 6) is -6.72. The number of carbonyl (C=O) groups is 3. The fourth-order valence-electron chi connectivity index (χ4n) is 5.12. The molecule has 3 N–H and O–H groups in total. The van der Waals surface area contributed by atoms with E-state index >= 15 is 0 Å². The zero-order valence-electron chi connectivity index (χ0n) is 23.6. The van der Waals surface area contributed by atoms with E-state index in [-0.39, 0.29) is 18.1 Å². The predicted octanol–water partition coefficient (Wildman–Crippen LogP) is 7.48. The van der Waals surface area contributed by atoms with Crippen LogP contribution in [0.5, 0.6) is 0 Å². The van der Waals surface area contributed by atoms with Gasteiger partial charge < -0.3 is 15.7 Å². The first kappa shape index (κ1) is 31.7. The molecule has 1 aliphatic rings. The minimum atomic E-state index is -4.08. The van der Waals surface area contributed by atoms with Crippen molar-refractivity contribution in [3.05, 3.63) is 113 Å². The summed E-state index contributed by atoms with van der Waals surface area (Å²) in [5, 5.41) is 14.1. The highest BCUT2D eigenvalue weighted by Gasteiger charge is 2.39. The average Bonchev–Trinajstić information content (AvgIpc) is 3.02. The molecule has 0 spiro atoms. The molecule has 1 aliphatic carbocycles. The third-order valence-corrected chi connectivity index (χ3v) is 7.86. The van der Waals surface area contributed by atoms with Crippen molar-refractivity contribution >= 4 is 35.2 Å². The topological polar surface area (TPSA) is 98.7 Å². The normalized spacial score (nSPS) is 14.4. The van der Waals surface area contributed by atoms with Gasteiger partial charge in [-0.3, -0.25) is 9.69 Å². The zero-order valence-corrected chi connectivity index (χ0v) is 24.3. The molecule has 0 bridgehead atoms. The van der Waals surface area contributed by atoms with E-state index in [4.69, 9.17) is 16.7 Å². The van der Waals surface area contributed by atoms with Gasteiger partial charge in [-0.05, 0) is 71.8 Å². The molecule has 0 aromatic heterocycles. The van der Waals surface area contributed by atoms with E-state index < -0.39 is 30.4 Å². The number of hydrogen-bond donors (Lipinski definition) is 3. The molecule has 3 amide bonds. The number of halogens is 3. The maximum atomic E-state index is 13.7. The van der Waals surface area contributed by atoms with E-state index in [1.807, 2.05) is 29.6 Å². The number of carboxylic acids is 1. The Balaban J connectivity index is 1.53. The molecular formula is C33H34ClF2N3O4. The monoisotopic (exact) mass is 609 g/mol. The maximum absolute atomic E-state index is 13.7. The summed E-state index contributed by atoms with van der Waals surface area (Å²) in [6, 6.07) is 20.3. The van der Waals surface area contributed by atoms with Crippen LogP contribution in [0, 0.1) is 0 Å². The van der Waals surface area contributed by atoms with Gasteiger partial charge in [-0.15, -0.1) is 6.58 Å². The minimum Gasteiger partial charge on any atom is -0.477 e. The van der Waals surface area contributed by atoms with Crippen molar-refractivity contribution in [2.75, 3.05) is 11.4 Å². The smallest absolute Gasteiger partial charge is 0.376 e. The van der Waals surface area contributed by atoms with Gasteiger partial charge in [0.25, 0.3) is 5.91 Å². The Bertz CT molecular complexity index is 1420. The highest BCUT2D eigenvalue weighted by Crippen LogP contribution is 2.33. The van der Waals surface area contributed by atoms with Crippen LogP contribution in [-0.4, -0.2) is 35.5 Å². The molecule has 0 unspecified atom stereocenters. The molecule has 3 aromatic rings. The van der Waals surface area contributed by atoms with Gasteiger partial charge in [-0.1, -0.05) is 73.3 Å². The standard InChI is InChI=1S/C33H34ClF2N3O4/c1-2-29(25-12-16-27(34)17-13-25)38-32(43)39(28-18-14-24(15-19-28)23-6-4-3-5-7-23)20-22-8-10-26(11-9-22)30(40)37-21-33(35,36)31(41)42/h2,8-19,23,29H,1,3-7,20-21H2,(H,37,40)(H,38,43)(H,41,42)/t29-/m0/s1. The van der Waals surface area contributed by atoms with Crippen LogP contribution in [0.4, 0.5) is 19.3 Å². The van der Waals surface area contributed by atoms with Crippen LogP contribution in [0.1, 0.15) is 71.1 Å². The number of urea groups is 1. The highest BCUT2D eigenvalue weighted by atomic mass is 35.5. The zero-order chi connectivity index (χ0) is 31.0. The molecule has 1 atom stereocenters. The first-order valence-corrected chi connectivity index (χ1v) is 14.5. The number of hydrogen-bond acceptors (Lipinski definition) is 3. The first-order valence-electron chi connectivity index (χ1n) is 14.1. The summed E-state index contributed by atoms with van der Waals surface area (Å²) in [7, 11) is 0. The number of nitrogens with one attached hydrogen (secondary N) is 2. The fraction of sp³-hybridized carbons (Fsp3) is 0.303.